The van der Waals surface area contributed by atoms with E-state index < -0.39 is 30.5 Å². The Morgan fingerprint density at radius 3 is 2.36 bits per heavy atom. The topological polar surface area (TPSA) is 84.2 Å². The Morgan fingerprint density at radius 1 is 0.929 bits per heavy atom. The Bertz CT molecular complexity index is 211. The molecule has 2 fully saturated rings. The minimum Gasteiger partial charge on any atom is -0.391 e. The Labute approximate surface area is 82.6 Å². The van der Waals surface area contributed by atoms with E-state index in [2.05, 4.69) is 0 Å². The van der Waals surface area contributed by atoms with Crippen molar-refractivity contribution in [2.45, 2.75) is 43.3 Å². The van der Waals surface area contributed by atoms with E-state index >= 15 is 0 Å². The summed E-state index contributed by atoms with van der Waals surface area (Å²) in [4.78, 5) is 1.86. The largest absolute Gasteiger partial charge is 0.391 e. The van der Waals surface area contributed by atoms with E-state index in [-0.39, 0.29) is 0 Å². The van der Waals surface area contributed by atoms with Crippen molar-refractivity contribution in [3.8, 4) is 0 Å². The van der Waals surface area contributed by atoms with Crippen molar-refractivity contribution in [1.29, 1.82) is 0 Å². The van der Waals surface area contributed by atoms with Crippen LogP contribution in [0.2, 0.25) is 0 Å². The summed E-state index contributed by atoms with van der Waals surface area (Å²) in [5.74, 6) is 0. The molecule has 0 aliphatic carbocycles. The van der Waals surface area contributed by atoms with Crippen LogP contribution in [0.5, 0.6) is 0 Å². The van der Waals surface area contributed by atoms with Gasteiger partial charge in [-0.3, -0.25) is 4.90 Å². The van der Waals surface area contributed by atoms with Crippen molar-refractivity contribution < 1.29 is 20.4 Å². The average molecular weight is 203 g/mol. The van der Waals surface area contributed by atoms with Crippen molar-refractivity contribution in [2.75, 3.05) is 13.1 Å². The molecule has 4 N–H and O–H groups in total. The summed E-state index contributed by atoms with van der Waals surface area (Å²) in [7, 11) is 0. The predicted molar refractivity (Wildman–Crippen MR) is 48.6 cm³/mol. The van der Waals surface area contributed by atoms with Gasteiger partial charge in [-0.1, -0.05) is 0 Å². The van der Waals surface area contributed by atoms with Crippen molar-refractivity contribution in [1.82, 2.24) is 4.90 Å². The Balaban J connectivity index is 2.14. The van der Waals surface area contributed by atoms with Crippen LogP contribution in [-0.2, 0) is 0 Å². The first-order valence-corrected chi connectivity index (χ1v) is 5.07. The van der Waals surface area contributed by atoms with Gasteiger partial charge in [0.25, 0.3) is 0 Å². The molecule has 1 unspecified atom stereocenters. The molecule has 14 heavy (non-hydrogen) atoms. The zero-order valence-corrected chi connectivity index (χ0v) is 7.95. The minimum absolute atomic E-state index is 0.333. The summed E-state index contributed by atoms with van der Waals surface area (Å²) >= 11 is 0. The van der Waals surface area contributed by atoms with Gasteiger partial charge < -0.3 is 20.4 Å². The fraction of sp³-hybridized carbons (Fsp3) is 1.00. The summed E-state index contributed by atoms with van der Waals surface area (Å²) in [6.45, 7) is 1.10. The van der Waals surface area contributed by atoms with Crippen LogP contribution in [0.3, 0.4) is 0 Å². The van der Waals surface area contributed by atoms with Gasteiger partial charge in [-0.05, 0) is 19.4 Å². The van der Waals surface area contributed by atoms with Gasteiger partial charge >= 0.3 is 0 Å². The molecule has 82 valence electrons. The molecule has 5 heteroatoms. The van der Waals surface area contributed by atoms with Gasteiger partial charge in [0.15, 0.2) is 0 Å². The van der Waals surface area contributed by atoms with Gasteiger partial charge in [0.05, 0.1) is 18.2 Å². The summed E-state index contributed by atoms with van der Waals surface area (Å²) in [5.41, 5.74) is 0. The summed E-state index contributed by atoms with van der Waals surface area (Å²) in [6, 6.07) is -0.415. The van der Waals surface area contributed by atoms with Crippen LogP contribution in [0.25, 0.3) is 0 Å². The predicted octanol–water partition coefficient (Wildman–Crippen LogP) is -2.09. The standard InChI is InChI=1S/C9H17NO4/c11-5-2-1-3-10-4-6(12)8(13)9(14)7(5)10/h5-9,11-14H,1-4H2/t5-,6+,7-,8+,9?/m0/s1. The molecule has 5 nitrogen and oxygen atoms in total. The molecule has 5 atom stereocenters. The maximum Gasteiger partial charge on any atom is 0.109 e. The zero-order valence-electron chi connectivity index (χ0n) is 7.95. The second kappa shape index (κ2) is 3.75. The van der Waals surface area contributed by atoms with Crippen LogP contribution in [-0.4, -0.2) is 68.9 Å². The quantitative estimate of drug-likeness (QED) is 0.363. The highest BCUT2D eigenvalue weighted by molar-refractivity contribution is 4.99. The highest BCUT2D eigenvalue weighted by Crippen LogP contribution is 2.27. The molecule has 2 heterocycles. The van der Waals surface area contributed by atoms with E-state index in [9.17, 15) is 20.4 Å². The summed E-state index contributed by atoms with van der Waals surface area (Å²) in [6.07, 6.45) is -2.17. The van der Waals surface area contributed by atoms with Crippen LogP contribution >= 0.6 is 0 Å². The van der Waals surface area contributed by atoms with Gasteiger partial charge in [0.2, 0.25) is 0 Å². The normalized spacial score (nSPS) is 50.1. The number of hydrogen-bond acceptors (Lipinski definition) is 5. The van der Waals surface area contributed by atoms with E-state index in [0.29, 0.717) is 13.0 Å². The lowest BCUT2D eigenvalue weighted by Crippen LogP contribution is -2.66. The van der Waals surface area contributed by atoms with Crippen LogP contribution in [0, 0.1) is 0 Å². The summed E-state index contributed by atoms with van der Waals surface area (Å²) < 4.78 is 0. The van der Waals surface area contributed by atoms with Crippen LogP contribution in [0.4, 0.5) is 0 Å². The van der Waals surface area contributed by atoms with E-state index in [0.717, 1.165) is 13.0 Å². The van der Waals surface area contributed by atoms with Crippen molar-refractivity contribution >= 4 is 0 Å². The smallest absolute Gasteiger partial charge is 0.109 e. The van der Waals surface area contributed by atoms with Crippen molar-refractivity contribution in [3.05, 3.63) is 0 Å². The van der Waals surface area contributed by atoms with Gasteiger partial charge in [0.1, 0.15) is 12.2 Å². The SMILES string of the molecule is OC1[C@@H]2[C@@H](O)CCCN2C[C@@H](O)[C@H]1O. The third kappa shape index (κ3) is 1.55. The van der Waals surface area contributed by atoms with Gasteiger partial charge in [-0.25, -0.2) is 0 Å². The number of rotatable bonds is 0. The zero-order chi connectivity index (χ0) is 10.3. The molecule has 0 aromatic rings. The molecule has 0 bridgehead atoms. The molecule has 2 aliphatic rings. The second-order valence-electron chi connectivity index (χ2n) is 4.24. The molecule has 2 saturated heterocycles. The maximum atomic E-state index is 9.70. The summed E-state index contributed by atoms with van der Waals surface area (Å²) in [5, 5.41) is 38.3. The first kappa shape index (κ1) is 10.3. The van der Waals surface area contributed by atoms with Gasteiger partial charge in [-0.2, -0.15) is 0 Å². The number of hydrogen-bond donors (Lipinski definition) is 4. The highest BCUT2D eigenvalue weighted by Gasteiger charge is 2.45. The van der Waals surface area contributed by atoms with Gasteiger partial charge in [0, 0.05) is 6.54 Å². The van der Waals surface area contributed by atoms with Crippen LogP contribution in [0.1, 0.15) is 12.8 Å². The number of piperidine rings is 2. The van der Waals surface area contributed by atoms with E-state index in [4.69, 9.17) is 0 Å². The number of fused-ring (bicyclic) bond motifs is 1. The van der Waals surface area contributed by atoms with Crippen LogP contribution < -0.4 is 0 Å². The third-order valence-corrected chi connectivity index (χ3v) is 3.28. The lowest BCUT2D eigenvalue weighted by atomic mass is 9.86. The lowest BCUT2D eigenvalue weighted by molar-refractivity contribution is -0.169. The molecule has 2 aliphatic heterocycles. The number of aliphatic hydroxyl groups excluding tert-OH is 4. The van der Waals surface area contributed by atoms with E-state index in [1.165, 1.54) is 0 Å². The van der Waals surface area contributed by atoms with Crippen molar-refractivity contribution in [2.24, 2.45) is 0 Å². The van der Waals surface area contributed by atoms with Gasteiger partial charge in [-0.15, -0.1) is 0 Å². The fourth-order valence-corrected chi connectivity index (χ4v) is 2.50. The molecular formula is C9H17NO4. The Hall–Kier alpha value is -0.200. The minimum atomic E-state index is -1.14. The third-order valence-electron chi connectivity index (χ3n) is 3.28. The second-order valence-corrected chi connectivity index (χ2v) is 4.24. The molecule has 0 radical (unpaired) electrons. The molecule has 0 aromatic carbocycles. The average Bonchev–Trinajstić information content (AvgIpc) is 2.14. The molecule has 0 aromatic heterocycles. The number of aliphatic hydroxyl groups is 4. The molecule has 0 spiro atoms. The monoisotopic (exact) mass is 203 g/mol. The first-order valence-electron chi connectivity index (χ1n) is 5.07. The Morgan fingerprint density at radius 2 is 1.64 bits per heavy atom. The molecule has 2 rings (SSSR count). The van der Waals surface area contributed by atoms with Crippen LogP contribution in [0.15, 0.2) is 0 Å². The Kier molecular flexibility index (Phi) is 2.77. The van der Waals surface area contributed by atoms with E-state index in [1.54, 1.807) is 0 Å². The first-order chi connectivity index (χ1) is 6.61. The lowest BCUT2D eigenvalue weighted by Gasteiger charge is -2.48. The number of nitrogens with zero attached hydrogens (tertiary/aromatic N) is 1. The highest BCUT2D eigenvalue weighted by atomic mass is 16.4. The van der Waals surface area contributed by atoms with E-state index in [1.807, 2.05) is 4.90 Å². The molecular weight excluding hydrogens is 186 g/mol. The molecule has 0 amide bonds. The molecule has 0 saturated carbocycles. The maximum absolute atomic E-state index is 9.70. The van der Waals surface area contributed by atoms with Crippen molar-refractivity contribution in [3.63, 3.8) is 0 Å². The fourth-order valence-electron chi connectivity index (χ4n) is 2.50.